The summed E-state index contributed by atoms with van der Waals surface area (Å²) in [5.74, 6) is -0.554. The lowest BCUT2D eigenvalue weighted by Crippen LogP contribution is -2.38. The highest BCUT2D eigenvalue weighted by Crippen LogP contribution is 2.49. The van der Waals surface area contributed by atoms with E-state index in [9.17, 15) is 14.9 Å². The van der Waals surface area contributed by atoms with E-state index in [2.05, 4.69) is 5.10 Å². The Morgan fingerprint density at radius 1 is 1.03 bits per heavy atom. The van der Waals surface area contributed by atoms with Gasteiger partial charge in [0.25, 0.3) is 6.04 Å². The SMILES string of the molecule is O=C(c1ccccc1)[C@@H]1[C@@H](c2ccco2)[C@H]([N+](=O)[O-])[C@@H]2c3ccccc3C=NN12. The molecule has 29 heavy (non-hydrogen) atoms. The highest BCUT2D eigenvalue weighted by Gasteiger charge is 2.61. The highest BCUT2D eigenvalue weighted by atomic mass is 16.6. The molecule has 0 spiro atoms. The van der Waals surface area contributed by atoms with Crippen LogP contribution in [0, 0.1) is 10.1 Å². The van der Waals surface area contributed by atoms with Gasteiger partial charge in [0.15, 0.2) is 5.78 Å². The quantitative estimate of drug-likeness (QED) is 0.387. The Balaban J connectivity index is 1.70. The maximum Gasteiger partial charge on any atom is 0.251 e. The van der Waals surface area contributed by atoms with Gasteiger partial charge in [-0.3, -0.25) is 19.9 Å². The first-order valence-corrected chi connectivity index (χ1v) is 9.34. The van der Waals surface area contributed by atoms with Gasteiger partial charge in [-0.15, -0.1) is 0 Å². The molecule has 0 amide bonds. The second kappa shape index (κ2) is 6.70. The van der Waals surface area contributed by atoms with E-state index in [4.69, 9.17) is 4.42 Å². The lowest BCUT2D eigenvalue weighted by Gasteiger charge is -2.30. The molecule has 4 atom stereocenters. The van der Waals surface area contributed by atoms with E-state index in [1.165, 1.54) is 6.26 Å². The molecule has 0 radical (unpaired) electrons. The van der Waals surface area contributed by atoms with Gasteiger partial charge in [0.05, 0.1) is 12.5 Å². The normalized spacial score (nSPS) is 24.8. The Kier molecular flexibility index (Phi) is 4.01. The van der Waals surface area contributed by atoms with Crippen LogP contribution in [0.25, 0.3) is 0 Å². The number of benzene rings is 2. The molecular weight excluding hydrogens is 370 g/mol. The molecule has 3 aromatic rings. The Labute approximate surface area is 166 Å². The number of Topliss-reactive ketones (excluding diaryl/α,β-unsaturated/α-hetero) is 1. The van der Waals surface area contributed by atoms with Crippen molar-refractivity contribution in [3.8, 4) is 0 Å². The Morgan fingerprint density at radius 2 is 1.79 bits per heavy atom. The smallest absolute Gasteiger partial charge is 0.251 e. The van der Waals surface area contributed by atoms with Gasteiger partial charge >= 0.3 is 0 Å². The minimum atomic E-state index is -1.07. The fourth-order valence-corrected chi connectivity index (χ4v) is 4.48. The van der Waals surface area contributed by atoms with Crippen LogP contribution in [0.1, 0.15) is 39.2 Å². The topological polar surface area (TPSA) is 88.9 Å². The van der Waals surface area contributed by atoms with Crippen molar-refractivity contribution in [1.82, 2.24) is 5.01 Å². The van der Waals surface area contributed by atoms with Gasteiger partial charge < -0.3 is 4.42 Å². The Morgan fingerprint density at radius 3 is 2.52 bits per heavy atom. The molecule has 2 aliphatic rings. The number of carbonyl (C=O) groups excluding carboxylic acids is 1. The fraction of sp³-hybridized carbons (Fsp3) is 0.182. The van der Waals surface area contributed by atoms with E-state index >= 15 is 0 Å². The van der Waals surface area contributed by atoms with Crippen LogP contribution in [0.5, 0.6) is 0 Å². The summed E-state index contributed by atoms with van der Waals surface area (Å²) in [6, 6.07) is 17.1. The number of furan rings is 1. The molecule has 5 rings (SSSR count). The molecule has 0 bridgehead atoms. The van der Waals surface area contributed by atoms with Crippen LogP contribution in [0.15, 0.2) is 82.5 Å². The molecule has 7 heteroatoms. The number of carbonyl (C=O) groups is 1. The molecule has 2 aliphatic heterocycles. The first-order chi connectivity index (χ1) is 14.2. The monoisotopic (exact) mass is 387 g/mol. The van der Waals surface area contributed by atoms with Crippen molar-refractivity contribution in [1.29, 1.82) is 0 Å². The lowest BCUT2D eigenvalue weighted by molar-refractivity contribution is -0.529. The summed E-state index contributed by atoms with van der Waals surface area (Å²) < 4.78 is 5.57. The average Bonchev–Trinajstić information content (AvgIpc) is 3.39. The minimum absolute atomic E-state index is 0.210. The average molecular weight is 387 g/mol. The molecule has 0 N–H and O–H groups in total. The van der Waals surface area contributed by atoms with Crippen LogP contribution in [-0.2, 0) is 0 Å². The lowest BCUT2D eigenvalue weighted by atomic mass is 9.85. The molecule has 7 nitrogen and oxygen atoms in total. The maximum atomic E-state index is 13.5. The minimum Gasteiger partial charge on any atom is -0.469 e. The number of hydrogen-bond acceptors (Lipinski definition) is 6. The predicted molar refractivity (Wildman–Crippen MR) is 105 cm³/mol. The third-order valence-electron chi connectivity index (χ3n) is 5.69. The zero-order valence-electron chi connectivity index (χ0n) is 15.3. The molecule has 0 unspecified atom stereocenters. The van der Waals surface area contributed by atoms with E-state index in [1.807, 2.05) is 30.3 Å². The Bertz CT molecular complexity index is 1090. The standard InChI is InChI=1S/C22H17N3O4/c26-22(14-7-2-1-3-8-14)21-18(17-11-6-12-29-17)20(25(27)28)19-16-10-5-4-9-15(16)13-23-24(19)21/h1-13,18-21H/t18-,19-,20-,21-/m0/s1. The van der Waals surface area contributed by atoms with Crippen LogP contribution < -0.4 is 0 Å². The summed E-state index contributed by atoms with van der Waals surface area (Å²) in [7, 11) is 0. The first-order valence-electron chi connectivity index (χ1n) is 9.34. The molecule has 1 fully saturated rings. The van der Waals surface area contributed by atoms with E-state index in [0.717, 1.165) is 11.1 Å². The van der Waals surface area contributed by atoms with Gasteiger partial charge in [-0.05, 0) is 17.7 Å². The van der Waals surface area contributed by atoms with Crippen LogP contribution in [-0.4, -0.2) is 34.0 Å². The van der Waals surface area contributed by atoms with E-state index in [-0.39, 0.29) is 10.7 Å². The van der Waals surface area contributed by atoms with E-state index < -0.39 is 24.0 Å². The zero-order valence-corrected chi connectivity index (χ0v) is 15.3. The van der Waals surface area contributed by atoms with Crippen LogP contribution in [0.4, 0.5) is 0 Å². The second-order valence-electron chi connectivity index (χ2n) is 7.19. The van der Waals surface area contributed by atoms with E-state index in [1.54, 1.807) is 47.6 Å². The van der Waals surface area contributed by atoms with Gasteiger partial charge in [-0.1, -0.05) is 54.6 Å². The van der Waals surface area contributed by atoms with Crippen molar-refractivity contribution in [2.45, 2.75) is 24.0 Å². The van der Waals surface area contributed by atoms with E-state index in [0.29, 0.717) is 11.3 Å². The van der Waals surface area contributed by atoms with Crippen molar-refractivity contribution < 1.29 is 14.1 Å². The Hall–Kier alpha value is -3.74. The van der Waals surface area contributed by atoms with Crippen molar-refractivity contribution >= 4 is 12.0 Å². The predicted octanol–water partition coefficient (Wildman–Crippen LogP) is 3.66. The summed E-state index contributed by atoms with van der Waals surface area (Å²) in [6.45, 7) is 0. The largest absolute Gasteiger partial charge is 0.469 e. The van der Waals surface area contributed by atoms with Gasteiger partial charge in [0.1, 0.15) is 23.8 Å². The summed E-state index contributed by atoms with van der Waals surface area (Å²) in [4.78, 5) is 25.5. The number of rotatable bonds is 4. The zero-order chi connectivity index (χ0) is 20.0. The van der Waals surface area contributed by atoms with Crippen molar-refractivity contribution in [2.24, 2.45) is 5.10 Å². The van der Waals surface area contributed by atoms with Gasteiger partial charge in [-0.2, -0.15) is 5.10 Å². The molecule has 2 aromatic carbocycles. The number of hydrazone groups is 1. The fourth-order valence-electron chi connectivity index (χ4n) is 4.48. The summed E-state index contributed by atoms with van der Waals surface area (Å²) in [5, 5.41) is 18.3. The van der Waals surface area contributed by atoms with Gasteiger partial charge in [-0.25, -0.2) is 0 Å². The van der Waals surface area contributed by atoms with Gasteiger partial charge in [0, 0.05) is 16.1 Å². The number of nitrogens with zero attached hydrogens (tertiary/aromatic N) is 3. The van der Waals surface area contributed by atoms with Crippen molar-refractivity contribution in [2.75, 3.05) is 0 Å². The summed E-state index contributed by atoms with van der Waals surface area (Å²) in [6.07, 6.45) is 3.14. The van der Waals surface area contributed by atoms with Gasteiger partial charge in [0.2, 0.25) is 0 Å². The van der Waals surface area contributed by atoms with Crippen LogP contribution in [0.2, 0.25) is 0 Å². The summed E-state index contributed by atoms with van der Waals surface area (Å²) >= 11 is 0. The van der Waals surface area contributed by atoms with Crippen LogP contribution in [0.3, 0.4) is 0 Å². The molecule has 144 valence electrons. The highest BCUT2D eigenvalue weighted by molar-refractivity contribution is 6.01. The van der Waals surface area contributed by atoms with Crippen molar-refractivity contribution in [3.63, 3.8) is 0 Å². The third kappa shape index (κ3) is 2.66. The number of nitro groups is 1. The molecular formula is C22H17N3O4. The second-order valence-corrected chi connectivity index (χ2v) is 7.19. The summed E-state index contributed by atoms with van der Waals surface area (Å²) in [5.41, 5.74) is 2.11. The third-order valence-corrected chi connectivity index (χ3v) is 5.69. The number of hydrogen-bond donors (Lipinski definition) is 0. The number of ketones is 1. The molecule has 0 saturated carbocycles. The van der Waals surface area contributed by atoms with Crippen LogP contribution >= 0.6 is 0 Å². The first kappa shape index (κ1) is 17.4. The maximum absolute atomic E-state index is 13.5. The van der Waals surface area contributed by atoms with Crippen molar-refractivity contribution in [3.05, 3.63) is 106 Å². The number of fused-ring (bicyclic) bond motifs is 3. The molecule has 0 aliphatic carbocycles. The molecule has 3 heterocycles. The molecule has 1 aromatic heterocycles. The molecule has 1 saturated heterocycles.